The summed E-state index contributed by atoms with van der Waals surface area (Å²) in [7, 11) is 1.35. The lowest BCUT2D eigenvalue weighted by Crippen LogP contribution is -2.17. The van der Waals surface area contributed by atoms with E-state index in [1.165, 1.54) is 7.11 Å². The van der Waals surface area contributed by atoms with Crippen LogP contribution in [0.2, 0.25) is 0 Å². The molecule has 146 valence electrons. The summed E-state index contributed by atoms with van der Waals surface area (Å²) < 4.78 is 5.84. The Morgan fingerprint density at radius 1 is 0.897 bits per heavy atom. The molecule has 0 fully saturated rings. The fourth-order valence-corrected chi connectivity index (χ4v) is 3.77. The van der Waals surface area contributed by atoms with E-state index in [1.807, 2.05) is 72.8 Å². The van der Waals surface area contributed by atoms with Gasteiger partial charge in [0.25, 0.3) is 0 Å². The Morgan fingerprint density at radius 3 is 2.10 bits per heavy atom. The molecular weight excluding hydrogens is 428 g/mol. The number of carbonyl (C=O) groups is 2. The third-order valence-electron chi connectivity index (χ3n) is 4.67. The zero-order chi connectivity index (χ0) is 20.6. The van der Waals surface area contributed by atoms with Gasteiger partial charge in [0.2, 0.25) is 0 Å². The second-order valence-corrected chi connectivity index (χ2v) is 7.43. The van der Waals surface area contributed by atoms with Crippen molar-refractivity contribution in [3.05, 3.63) is 112 Å². The molecule has 0 spiro atoms. The van der Waals surface area contributed by atoms with E-state index < -0.39 is 11.9 Å². The van der Waals surface area contributed by atoms with Crippen LogP contribution in [0.15, 0.2) is 95.0 Å². The summed E-state index contributed by atoms with van der Waals surface area (Å²) in [5, 5.41) is 0. The molecule has 3 aromatic rings. The van der Waals surface area contributed by atoms with Crippen LogP contribution in [0.5, 0.6) is 0 Å². The number of Topliss-reactive ketones (excluding diaryl/α,β-unsaturated/α-hetero) is 1. The van der Waals surface area contributed by atoms with Crippen LogP contribution in [0.4, 0.5) is 0 Å². The Hall–Kier alpha value is -2.98. The number of hydrogen-bond donors (Lipinski definition) is 0. The molecule has 0 amide bonds. The summed E-state index contributed by atoms with van der Waals surface area (Å²) in [4.78, 5) is 25.9. The minimum absolute atomic E-state index is 0.0413. The number of rotatable bonds is 7. The topological polar surface area (TPSA) is 43.4 Å². The molecule has 1 unspecified atom stereocenters. The van der Waals surface area contributed by atoms with Gasteiger partial charge in [-0.3, -0.25) is 4.79 Å². The zero-order valence-corrected chi connectivity index (χ0v) is 17.6. The molecule has 29 heavy (non-hydrogen) atoms. The molecule has 0 radical (unpaired) electrons. The molecule has 0 aromatic heterocycles. The Bertz CT molecular complexity index is 1010. The standard InChI is InChI=1S/C25H21BrO3/c1-29-25(28)20(16-18-10-4-2-5-11-18)17-22(21-14-8-9-15-23(21)26)24(27)19-12-6-3-7-13-19/h2-16,22H,17H2,1H3/b20-16-. The van der Waals surface area contributed by atoms with E-state index in [1.54, 1.807) is 18.2 Å². The van der Waals surface area contributed by atoms with E-state index >= 15 is 0 Å². The molecule has 0 N–H and O–H groups in total. The van der Waals surface area contributed by atoms with Crippen molar-refractivity contribution in [1.29, 1.82) is 0 Å². The number of esters is 1. The maximum absolute atomic E-state index is 13.4. The van der Waals surface area contributed by atoms with Crippen LogP contribution in [0, 0.1) is 0 Å². The summed E-state index contributed by atoms with van der Waals surface area (Å²) in [5.74, 6) is -1.01. The Labute approximate surface area is 179 Å². The molecular formula is C25H21BrO3. The molecule has 1 atom stereocenters. The highest BCUT2D eigenvalue weighted by Gasteiger charge is 2.27. The lowest BCUT2D eigenvalue weighted by atomic mass is 9.85. The predicted octanol–water partition coefficient (Wildman–Crippen LogP) is 6.06. The third kappa shape index (κ3) is 5.30. The summed E-state index contributed by atoms with van der Waals surface area (Å²) in [6.45, 7) is 0. The first kappa shape index (κ1) is 20.7. The minimum atomic E-state index is -0.526. The molecule has 0 aliphatic heterocycles. The Balaban J connectivity index is 2.05. The first-order valence-corrected chi connectivity index (χ1v) is 10.1. The number of ether oxygens (including phenoxy) is 1. The van der Waals surface area contributed by atoms with E-state index in [-0.39, 0.29) is 12.2 Å². The molecule has 0 saturated heterocycles. The summed E-state index contributed by atoms with van der Waals surface area (Å²) in [6, 6.07) is 26.3. The van der Waals surface area contributed by atoms with Gasteiger partial charge in [-0.1, -0.05) is 94.8 Å². The predicted molar refractivity (Wildman–Crippen MR) is 119 cm³/mol. The van der Waals surface area contributed by atoms with Gasteiger partial charge in [0.15, 0.2) is 5.78 Å². The lowest BCUT2D eigenvalue weighted by Gasteiger charge is -2.19. The van der Waals surface area contributed by atoms with Gasteiger partial charge in [-0.15, -0.1) is 0 Å². The average molecular weight is 449 g/mol. The fraction of sp³-hybridized carbons (Fsp3) is 0.120. The first-order valence-electron chi connectivity index (χ1n) is 9.27. The van der Waals surface area contributed by atoms with Gasteiger partial charge in [0.05, 0.1) is 13.0 Å². The molecule has 0 heterocycles. The van der Waals surface area contributed by atoms with Crippen LogP contribution < -0.4 is 0 Å². The number of hydrogen-bond acceptors (Lipinski definition) is 3. The van der Waals surface area contributed by atoms with Gasteiger partial charge >= 0.3 is 5.97 Å². The van der Waals surface area contributed by atoms with Crippen molar-refractivity contribution >= 4 is 33.8 Å². The van der Waals surface area contributed by atoms with Crippen LogP contribution in [0.1, 0.15) is 33.8 Å². The van der Waals surface area contributed by atoms with E-state index in [4.69, 9.17) is 4.74 Å². The SMILES string of the molecule is COC(=O)/C(=C\c1ccccc1)CC(C(=O)c1ccccc1)c1ccccc1Br. The van der Waals surface area contributed by atoms with Gasteiger partial charge in [-0.05, 0) is 29.7 Å². The number of methoxy groups -OCH3 is 1. The summed E-state index contributed by atoms with van der Waals surface area (Å²) >= 11 is 3.56. The Kier molecular flexibility index (Phi) is 7.14. The first-order chi connectivity index (χ1) is 14.1. The van der Waals surface area contributed by atoms with Crippen LogP contribution in [-0.4, -0.2) is 18.9 Å². The smallest absolute Gasteiger partial charge is 0.333 e. The molecule has 3 rings (SSSR count). The van der Waals surface area contributed by atoms with Crippen molar-refractivity contribution in [1.82, 2.24) is 0 Å². The van der Waals surface area contributed by atoms with Crippen molar-refractivity contribution < 1.29 is 14.3 Å². The Morgan fingerprint density at radius 2 is 1.48 bits per heavy atom. The van der Waals surface area contributed by atoms with Crippen molar-refractivity contribution in [3.8, 4) is 0 Å². The number of carbonyl (C=O) groups excluding carboxylic acids is 2. The van der Waals surface area contributed by atoms with Gasteiger partial charge in [-0.25, -0.2) is 4.79 Å². The number of ketones is 1. The molecule has 0 saturated carbocycles. The molecule has 0 aliphatic carbocycles. The maximum atomic E-state index is 13.4. The molecule has 3 aromatic carbocycles. The second kappa shape index (κ2) is 9.99. The average Bonchev–Trinajstić information content (AvgIpc) is 2.77. The van der Waals surface area contributed by atoms with Crippen molar-refractivity contribution in [2.24, 2.45) is 0 Å². The summed E-state index contributed by atoms with van der Waals surface area (Å²) in [5.41, 5.74) is 2.77. The van der Waals surface area contributed by atoms with Crippen LogP contribution >= 0.6 is 15.9 Å². The second-order valence-electron chi connectivity index (χ2n) is 6.58. The third-order valence-corrected chi connectivity index (χ3v) is 5.39. The fourth-order valence-electron chi connectivity index (χ4n) is 3.21. The van der Waals surface area contributed by atoms with E-state index in [0.29, 0.717) is 11.1 Å². The number of benzene rings is 3. The van der Waals surface area contributed by atoms with E-state index in [2.05, 4.69) is 15.9 Å². The molecule has 4 heteroatoms. The largest absolute Gasteiger partial charge is 0.466 e. The van der Waals surface area contributed by atoms with Gasteiger partial charge < -0.3 is 4.74 Å². The quantitative estimate of drug-likeness (QED) is 0.250. The van der Waals surface area contributed by atoms with Gasteiger partial charge in [0, 0.05) is 15.6 Å². The zero-order valence-electron chi connectivity index (χ0n) is 16.0. The molecule has 0 aliphatic rings. The highest BCUT2D eigenvalue weighted by atomic mass is 79.9. The van der Waals surface area contributed by atoms with Crippen molar-refractivity contribution in [3.63, 3.8) is 0 Å². The normalized spacial score (nSPS) is 12.3. The maximum Gasteiger partial charge on any atom is 0.333 e. The van der Waals surface area contributed by atoms with Crippen LogP contribution in [0.3, 0.4) is 0 Å². The monoisotopic (exact) mass is 448 g/mol. The lowest BCUT2D eigenvalue weighted by molar-refractivity contribution is -0.136. The van der Waals surface area contributed by atoms with E-state index in [0.717, 1.165) is 15.6 Å². The number of halogens is 1. The summed E-state index contributed by atoms with van der Waals surface area (Å²) in [6.07, 6.45) is 2.02. The molecule has 0 bridgehead atoms. The van der Waals surface area contributed by atoms with Crippen LogP contribution in [0.25, 0.3) is 6.08 Å². The highest BCUT2D eigenvalue weighted by Crippen LogP contribution is 2.33. The van der Waals surface area contributed by atoms with E-state index in [9.17, 15) is 9.59 Å². The van der Waals surface area contributed by atoms with Gasteiger partial charge in [0.1, 0.15) is 0 Å². The molecule has 3 nitrogen and oxygen atoms in total. The van der Waals surface area contributed by atoms with Crippen molar-refractivity contribution in [2.75, 3.05) is 7.11 Å². The van der Waals surface area contributed by atoms with Crippen molar-refractivity contribution in [2.45, 2.75) is 12.3 Å². The minimum Gasteiger partial charge on any atom is -0.466 e. The van der Waals surface area contributed by atoms with Crippen LogP contribution in [-0.2, 0) is 9.53 Å². The highest BCUT2D eigenvalue weighted by molar-refractivity contribution is 9.10. The van der Waals surface area contributed by atoms with Gasteiger partial charge in [-0.2, -0.15) is 0 Å².